The smallest absolute Gasteiger partial charge is 0.236 e. The molecule has 2 aliphatic heterocycles. The first-order valence-electron chi connectivity index (χ1n) is 7.32. The van der Waals surface area contributed by atoms with Crippen molar-refractivity contribution in [1.29, 1.82) is 0 Å². The number of hydrogen-bond donors (Lipinski definition) is 1. The van der Waals surface area contributed by atoms with Crippen molar-refractivity contribution >= 4 is 11.3 Å². The first-order chi connectivity index (χ1) is 9.88. The third-order valence-corrected chi connectivity index (χ3v) is 5.27. The molecule has 4 nitrogen and oxygen atoms in total. The number of thiophene rings is 1. The molecular weight excluding hydrogens is 270 g/mol. The van der Waals surface area contributed by atoms with Crippen LogP contribution in [0.2, 0.25) is 0 Å². The van der Waals surface area contributed by atoms with Crippen LogP contribution in [-0.4, -0.2) is 35.6 Å². The summed E-state index contributed by atoms with van der Waals surface area (Å²) in [6.45, 7) is 4.46. The van der Waals surface area contributed by atoms with Crippen LogP contribution < -0.4 is 5.32 Å². The van der Waals surface area contributed by atoms with Crippen LogP contribution in [0.1, 0.15) is 18.5 Å². The Labute approximate surface area is 122 Å². The van der Waals surface area contributed by atoms with Crippen molar-refractivity contribution in [2.45, 2.75) is 25.4 Å². The molecule has 2 unspecified atom stereocenters. The van der Waals surface area contributed by atoms with Gasteiger partial charge in [0.25, 0.3) is 0 Å². The van der Waals surface area contributed by atoms with Gasteiger partial charge in [0.05, 0.1) is 10.6 Å². The molecule has 2 atom stereocenters. The van der Waals surface area contributed by atoms with E-state index >= 15 is 0 Å². The molecule has 2 aromatic heterocycles. The summed E-state index contributed by atoms with van der Waals surface area (Å²) in [6.07, 6.45) is 4.40. The van der Waals surface area contributed by atoms with Gasteiger partial charge in [0.2, 0.25) is 5.89 Å². The van der Waals surface area contributed by atoms with E-state index in [0.717, 1.165) is 41.5 Å². The second-order valence-corrected chi connectivity index (χ2v) is 6.70. The van der Waals surface area contributed by atoms with Crippen LogP contribution in [0.4, 0.5) is 0 Å². The maximum Gasteiger partial charge on any atom is 0.236 e. The number of oxazole rings is 1. The van der Waals surface area contributed by atoms with Crippen molar-refractivity contribution in [1.82, 2.24) is 15.2 Å². The Kier molecular flexibility index (Phi) is 3.34. The Morgan fingerprint density at radius 2 is 2.45 bits per heavy atom. The quantitative estimate of drug-likeness (QED) is 0.943. The fraction of sp³-hybridized carbons (Fsp3) is 0.533. The topological polar surface area (TPSA) is 41.3 Å². The summed E-state index contributed by atoms with van der Waals surface area (Å²) >= 11 is 1.67. The highest BCUT2D eigenvalue weighted by atomic mass is 32.1. The van der Waals surface area contributed by atoms with E-state index in [4.69, 9.17) is 4.42 Å². The third-order valence-electron chi connectivity index (χ3n) is 4.41. The summed E-state index contributed by atoms with van der Waals surface area (Å²) in [6, 6.07) is 4.84. The maximum atomic E-state index is 5.60. The molecule has 0 saturated carbocycles. The fourth-order valence-corrected chi connectivity index (χ4v) is 4.04. The Morgan fingerprint density at radius 1 is 1.45 bits per heavy atom. The standard InChI is InChI=1S/C15H19N3OS/c1-2-14(20-7-1)15-17-12(10-19-15)9-18-6-4-13-11(8-18)3-5-16-13/h1-2,7,10-11,13,16H,3-6,8-9H2. The minimum Gasteiger partial charge on any atom is -0.444 e. The van der Waals surface area contributed by atoms with E-state index in [0.29, 0.717) is 0 Å². The summed E-state index contributed by atoms with van der Waals surface area (Å²) in [5, 5.41) is 5.66. The minimum atomic E-state index is 0.755. The Bertz CT molecular complexity index is 565. The summed E-state index contributed by atoms with van der Waals surface area (Å²) in [5.74, 6) is 1.58. The molecule has 0 bridgehead atoms. The summed E-state index contributed by atoms with van der Waals surface area (Å²) in [7, 11) is 0. The Balaban J connectivity index is 1.42. The second-order valence-electron chi connectivity index (χ2n) is 5.75. The molecule has 0 aliphatic carbocycles. The molecule has 2 aliphatic rings. The number of rotatable bonds is 3. The van der Waals surface area contributed by atoms with Gasteiger partial charge in [-0.1, -0.05) is 6.07 Å². The van der Waals surface area contributed by atoms with Crippen molar-refractivity contribution in [3.8, 4) is 10.8 Å². The molecular formula is C15H19N3OS. The zero-order valence-electron chi connectivity index (χ0n) is 11.4. The van der Waals surface area contributed by atoms with Crippen LogP contribution in [0, 0.1) is 5.92 Å². The highest BCUT2D eigenvalue weighted by Gasteiger charge is 2.32. The number of hydrogen-bond acceptors (Lipinski definition) is 5. The zero-order valence-corrected chi connectivity index (χ0v) is 12.2. The summed E-state index contributed by atoms with van der Waals surface area (Å²) in [4.78, 5) is 8.24. The first-order valence-corrected chi connectivity index (χ1v) is 8.20. The van der Waals surface area contributed by atoms with Gasteiger partial charge >= 0.3 is 0 Å². The van der Waals surface area contributed by atoms with Gasteiger partial charge in [-0.2, -0.15) is 0 Å². The predicted molar refractivity (Wildman–Crippen MR) is 79.6 cm³/mol. The van der Waals surface area contributed by atoms with Crippen LogP contribution in [0.25, 0.3) is 10.8 Å². The van der Waals surface area contributed by atoms with Crippen LogP contribution in [0.15, 0.2) is 28.2 Å². The Morgan fingerprint density at radius 3 is 3.35 bits per heavy atom. The molecule has 106 valence electrons. The average Bonchev–Trinajstić information content (AvgIpc) is 3.19. The van der Waals surface area contributed by atoms with E-state index in [2.05, 4.69) is 26.6 Å². The molecule has 4 rings (SSSR count). The third kappa shape index (κ3) is 2.41. The molecule has 2 fully saturated rings. The minimum absolute atomic E-state index is 0.755. The highest BCUT2D eigenvalue weighted by Crippen LogP contribution is 2.27. The first kappa shape index (κ1) is 12.6. The van der Waals surface area contributed by atoms with Crippen molar-refractivity contribution in [3.05, 3.63) is 29.5 Å². The molecule has 2 saturated heterocycles. The number of likely N-dealkylation sites (tertiary alicyclic amines) is 1. The fourth-order valence-electron chi connectivity index (χ4n) is 3.39. The molecule has 1 N–H and O–H groups in total. The van der Waals surface area contributed by atoms with Crippen molar-refractivity contribution in [2.75, 3.05) is 19.6 Å². The number of piperidine rings is 1. The molecule has 2 aromatic rings. The van der Waals surface area contributed by atoms with Gasteiger partial charge in [-0.15, -0.1) is 11.3 Å². The van der Waals surface area contributed by atoms with E-state index in [9.17, 15) is 0 Å². The average molecular weight is 289 g/mol. The van der Waals surface area contributed by atoms with E-state index in [1.807, 2.05) is 12.3 Å². The van der Waals surface area contributed by atoms with Gasteiger partial charge in [-0.25, -0.2) is 4.98 Å². The van der Waals surface area contributed by atoms with Gasteiger partial charge in [-0.05, 0) is 36.8 Å². The monoisotopic (exact) mass is 289 g/mol. The van der Waals surface area contributed by atoms with Gasteiger partial charge in [0.15, 0.2) is 0 Å². The normalized spacial score (nSPS) is 26.8. The summed E-state index contributed by atoms with van der Waals surface area (Å²) < 4.78 is 5.60. The highest BCUT2D eigenvalue weighted by molar-refractivity contribution is 7.13. The molecule has 0 spiro atoms. The lowest BCUT2D eigenvalue weighted by Crippen LogP contribution is -2.43. The molecule has 0 amide bonds. The number of aromatic nitrogens is 1. The maximum absolute atomic E-state index is 5.60. The zero-order chi connectivity index (χ0) is 13.4. The van der Waals surface area contributed by atoms with E-state index in [-0.39, 0.29) is 0 Å². The van der Waals surface area contributed by atoms with E-state index in [1.165, 1.54) is 25.9 Å². The van der Waals surface area contributed by atoms with Crippen molar-refractivity contribution < 1.29 is 4.42 Å². The lowest BCUT2D eigenvalue weighted by atomic mass is 9.93. The Hall–Kier alpha value is -1.17. The molecule has 0 aromatic carbocycles. The number of nitrogens with one attached hydrogen (secondary N) is 1. The lowest BCUT2D eigenvalue weighted by Gasteiger charge is -2.34. The van der Waals surface area contributed by atoms with Crippen molar-refractivity contribution in [3.63, 3.8) is 0 Å². The largest absolute Gasteiger partial charge is 0.444 e. The van der Waals surface area contributed by atoms with E-state index in [1.54, 1.807) is 11.3 Å². The van der Waals surface area contributed by atoms with Crippen LogP contribution in [0.5, 0.6) is 0 Å². The van der Waals surface area contributed by atoms with Crippen LogP contribution in [0.3, 0.4) is 0 Å². The van der Waals surface area contributed by atoms with Crippen LogP contribution in [-0.2, 0) is 6.54 Å². The molecule has 4 heterocycles. The van der Waals surface area contributed by atoms with Gasteiger partial charge in [0, 0.05) is 25.7 Å². The predicted octanol–water partition coefficient (Wildman–Crippen LogP) is 2.59. The molecule has 20 heavy (non-hydrogen) atoms. The van der Waals surface area contributed by atoms with Crippen LogP contribution >= 0.6 is 11.3 Å². The number of fused-ring (bicyclic) bond motifs is 1. The molecule has 0 radical (unpaired) electrons. The summed E-state index contributed by atoms with van der Waals surface area (Å²) in [5.41, 5.74) is 1.05. The molecule has 5 heteroatoms. The van der Waals surface area contributed by atoms with Gasteiger partial charge in [0.1, 0.15) is 6.26 Å². The van der Waals surface area contributed by atoms with Crippen molar-refractivity contribution in [2.24, 2.45) is 5.92 Å². The van der Waals surface area contributed by atoms with Gasteiger partial charge < -0.3 is 9.73 Å². The second kappa shape index (κ2) is 5.31. The number of nitrogens with zero attached hydrogens (tertiary/aromatic N) is 2. The van der Waals surface area contributed by atoms with Gasteiger partial charge in [-0.3, -0.25) is 4.90 Å². The van der Waals surface area contributed by atoms with E-state index < -0.39 is 0 Å². The SMILES string of the molecule is c1csc(-c2nc(CN3CCC4NCCC4C3)co2)c1. The lowest BCUT2D eigenvalue weighted by molar-refractivity contribution is 0.154.